The number of hydrogen-bond acceptors (Lipinski definition) is 5. The van der Waals surface area contributed by atoms with Crippen LogP contribution in [0.2, 0.25) is 0 Å². The molecule has 0 saturated heterocycles. The van der Waals surface area contributed by atoms with E-state index in [1.165, 1.54) is 11.8 Å². The van der Waals surface area contributed by atoms with Gasteiger partial charge in [-0.25, -0.2) is 0 Å². The minimum atomic E-state index is -3.03. The summed E-state index contributed by atoms with van der Waals surface area (Å²) in [6.07, 6.45) is 0. The second kappa shape index (κ2) is 7.34. The molecular weight excluding hydrogens is 283 g/mol. The maximum Gasteiger partial charge on any atom is 0.340 e. The van der Waals surface area contributed by atoms with Crippen molar-refractivity contribution in [3.8, 4) is 5.75 Å². The Morgan fingerprint density at radius 3 is 2.05 bits per heavy atom. The van der Waals surface area contributed by atoms with Gasteiger partial charge < -0.3 is 14.2 Å². The van der Waals surface area contributed by atoms with Gasteiger partial charge in [-0.05, 0) is 51.0 Å². The van der Waals surface area contributed by atoms with Crippen LogP contribution in [-0.2, 0) is 13.6 Å². The lowest BCUT2D eigenvalue weighted by Gasteiger charge is -2.16. The largest absolute Gasteiger partial charge is 0.507 e. The summed E-state index contributed by atoms with van der Waals surface area (Å²) in [5.74, 6) is 0.308. The molecule has 4 nitrogen and oxygen atoms in total. The van der Waals surface area contributed by atoms with Crippen LogP contribution in [0.1, 0.15) is 25.0 Å². The highest BCUT2D eigenvalue weighted by molar-refractivity contribution is 8.04. The number of aromatic hydroxyl groups is 1. The number of phenols is 1. The van der Waals surface area contributed by atoms with Crippen LogP contribution in [0.5, 0.6) is 5.75 Å². The van der Waals surface area contributed by atoms with Gasteiger partial charge in [0, 0.05) is 4.90 Å². The number of hydrogen-bond donors (Lipinski definition) is 1. The zero-order chi connectivity index (χ0) is 14.5. The van der Waals surface area contributed by atoms with E-state index in [2.05, 4.69) is 0 Å². The molecule has 108 valence electrons. The predicted octanol–water partition coefficient (Wildman–Crippen LogP) is 4.32. The smallest absolute Gasteiger partial charge is 0.340 e. The molecule has 0 fully saturated rings. The Kier molecular flexibility index (Phi) is 6.40. The van der Waals surface area contributed by atoms with Crippen molar-refractivity contribution < 1.29 is 18.7 Å². The number of phenolic OH excluding ortho intramolecular Hbond substituents is 1. The molecule has 6 heteroatoms. The molecule has 0 bridgehead atoms. The molecule has 1 N–H and O–H groups in total. The first kappa shape index (κ1) is 16.6. The van der Waals surface area contributed by atoms with E-state index in [1.54, 1.807) is 13.8 Å². The lowest BCUT2D eigenvalue weighted by molar-refractivity contribution is 0.224. The van der Waals surface area contributed by atoms with E-state index in [9.17, 15) is 9.67 Å². The highest BCUT2D eigenvalue weighted by atomic mass is 32.2. The molecule has 1 rings (SSSR count). The maximum atomic E-state index is 12.3. The topological polar surface area (TPSA) is 55.8 Å². The molecule has 0 radical (unpaired) electrons. The minimum Gasteiger partial charge on any atom is -0.507 e. The SMILES string of the molecule is CCOP(=O)(CSc1cc(C)c(O)c(C)c1)OCC. The molecule has 0 saturated carbocycles. The van der Waals surface area contributed by atoms with Crippen LogP contribution in [0.4, 0.5) is 0 Å². The van der Waals surface area contributed by atoms with E-state index in [1.807, 2.05) is 26.0 Å². The Hall–Kier alpha value is -0.480. The van der Waals surface area contributed by atoms with E-state index in [4.69, 9.17) is 9.05 Å². The van der Waals surface area contributed by atoms with Crippen molar-refractivity contribution in [2.24, 2.45) is 0 Å². The highest BCUT2D eigenvalue weighted by Gasteiger charge is 2.23. The van der Waals surface area contributed by atoms with Gasteiger partial charge in [0.2, 0.25) is 0 Å². The average molecular weight is 304 g/mol. The summed E-state index contributed by atoms with van der Waals surface area (Å²) in [6, 6.07) is 3.74. The van der Waals surface area contributed by atoms with Crippen molar-refractivity contribution in [2.45, 2.75) is 32.6 Å². The molecular formula is C13H21O4PS. The number of rotatable bonds is 7. The normalized spacial score (nSPS) is 11.8. The molecule has 0 heterocycles. The molecule has 0 aromatic heterocycles. The Labute approximate surface area is 119 Å². The summed E-state index contributed by atoms with van der Waals surface area (Å²) in [5.41, 5.74) is 1.90. The van der Waals surface area contributed by atoms with Gasteiger partial charge in [0.05, 0.1) is 13.2 Å². The minimum absolute atomic E-state index is 0.276. The van der Waals surface area contributed by atoms with E-state index < -0.39 is 7.60 Å². The zero-order valence-corrected chi connectivity index (χ0v) is 13.5. The van der Waals surface area contributed by atoms with Gasteiger partial charge in [0.1, 0.15) is 11.2 Å². The molecule has 0 aliphatic rings. The summed E-state index contributed by atoms with van der Waals surface area (Å²) >= 11 is 1.42. The summed E-state index contributed by atoms with van der Waals surface area (Å²) in [5, 5.41) is 9.71. The van der Waals surface area contributed by atoms with Crippen molar-refractivity contribution in [1.29, 1.82) is 0 Å². The number of benzene rings is 1. The first-order valence-corrected chi connectivity index (χ1v) is 8.94. The van der Waals surface area contributed by atoms with Crippen LogP contribution < -0.4 is 0 Å². The van der Waals surface area contributed by atoms with E-state index in [0.29, 0.717) is 19.0 Å². The predicted molar refractivity (Wildman–Crippen MR) is 79.2 cm³/mol. The van der Waals surface area contributed by atoms with Crippen LogP contribution in [-0.4, -0.2) is 23.8 Å². The monoisotopic (exact) mass is 304 g/mol. The van der Waals surface area contributed by atoms with Crippen LogP contribution in [0.3, 0.4) is 0 Å². The Balaban J connectivity index is 2.77. The van der Waals surface area contributed by atoms with Crippen molar-refractivity contribution in [3.05, 3.63) is 23.3 Å². The van der Waals surface area contributed by atoms with Gasteiger partial charge in [-0.15, -0.1) is 11.8 Å². The summed E-state index contributed by atoms with van der Waals surface area (Å²) in [4.78, 5) is 0.951. The fourth-order valence-corrected chi connectivity index (χ4v) is 4.86. The van der Waals surface area contributed by atoms with E-state index >= 15 is 0 Å². The lowest BCUT2D eigenvalue weighted by atomic mass is 10.1. The quantitative estimate of drug-likeness (QED) is 0.600. The Morgan fingerprint density at radius 2 is 1.63 bits per heavy atom. The number of aryl methyl sites for hydroxylation is 2. The van der Waals surface area contributed by atoms with Gasteiger partial charge in [-0.3, -0.25) is 4.57 Å². The van der Waals surface area contributed by atoms with Crippen LogP contribution >= 0.6 is 19.4 Å². The fraction of sp³-hybridized carbons (Fsp3) is 0.538. The first-order chi connectivity index (χ1) is 8.91. The molecule has 0 aliphatic heterocycles. The summed E-state index contributed by atoms with van der Waals surface area (Å²) in [7, 11) is -3.03. The lowest BCUT2D eigenvalue weighted by Crippen LogP contribution is -1.98. The Bertz CT molecular complexity index is 443. The molecule has 1 aromatic rings. The summed E-state index contributed by atoms with van der Waals surface area (Å²) < 4.78 is 22.8. The molecule has 0 aliphatic carbocycles. The molecule has 0 amide bonds. The second-order valence-corrected chi connectivity index (χ2v) is 7.66. The van der Waals surface area contributed by atoms with E-state index in [-0.39, 0.29) is 5.49 Å². The van der Waals surface area contributed by atoms with Gasteiger partial charge in [-0.1, -0.05) is 0 Å². The summed E-state index contributed by atoms with van der Waals surface area (Å²) in [6.45, 7) is 8.02. The van der Waals surface area contributed by atoms with Gasteiger partial charge in [0.25, 0.3) is 0 Å². The van der Waals surface area contributed by atoms with Crippen LogP contribution in [0, 0.1) is 13.8 Å². The van der Waals surface area contributed by atoms with Gasteiger partial charge >= 0.3 is 7.60 Å². The van der Waals surface area contributed by atoms with Crippen LogP contribution in [0.25, 0.3) is 0 Å². The first-order valence-electron chi connectivity index (χ1n) is 6.23. The number of thioether (sulfide) groups is 1. The van der Waals surface area contributed by atoms with Crippen LogP contribution in [0.15, 0.2) is 17.0 Å². The standard InChI is InChI=1S/C13H21O4PS/c1-5-16-18(15,17-6-2)9-19-12-7-10(3)13(14)11(4)8-12/h7-8,14H,5-6,9H2,1-4H3. The van der Waals surface area contributed by atoms with Crippen molar-refractivity contribution in [2.75, 3.05) is 18.7 Å². The van der Waals surface area contributed by atoms with Gasteiger partial charge in [0.15, 0.2) is 0 Å². The molecule has 1 aromatic carbocycles. The third-order valence-electron chi connectivity index (χ3n) is 2.51. The van der Waals surface area contributed by atoms with E-state index in [0.717, 1.165) is 16.0 Å². The fourth-order valence-electron chi connectivity index (χ4n) is 1.66. The maximum absolute atomic E-state index is 12.3. The Morgan fingerprint density at radius 1 is 1.16 bits per heavy atom. The van der Waals surface area contributed by atoms with Crippen molar-refractivity contribution in [3.63, 3.8) is 0 Å². The molecule has 0 unspecified atom stereocenters. The zero-order valence-electron chi connectivity index (χ0n) is 11.8. The third kappa shape index (κ3) is 4.84. The average Bonchev–Trinajstić information content (AvgIpc) is 2.34. The third-order valence-corrected chi connectivity index (χ3v) is 6.16. The van der Waals surface area contributed by atoms with Gasteiger partial charge in [-0.2, -0.15) is 0 Å². The van der Waals surface area contributed by atoms with Crippen molar-refractivity contribution >= 4 is 19.4 Å². The van der Waals surface area contributed by atoms with Crippen molar-refractivity contribution in [1.82, 2.24) is 0 Å². The molecule has 19 heavy (non-hydrogen) atoms. The second-order valence-electron chi connectivity index (χ2n) is 4.13. The molecule has 0 spiro atoms. The molecule has 0 atom stereocenters. The highest BCUT2D eigenvalue weighted by Crippen LogP contribution is 2.52.